The van der Waals surface area contributed by atoms with E-state index in [1.165, 1.54) is 22.5 Å². The van der Waals surface area contributed by atoms with Crippen LogP contribution in [-0.4, -0.2) is 0 Å². The maximum Gasteiger partial charge on any atom is 0.0942 e. The van der Waals surface area contributed by atoms with E-state index in [1.54, 1.807) is 0 Å². The Kier molecular flexibility index (Phi) is 4.04. The topological polar surface area (TPSA) is 0 Å². The third-order valence-electron chi connectivity index (χ3n) is 2.73. The van der Waals surface area contributed by atoms with E-state index < -0.39 is 0 Å². The third kappa shape index (κ3) is 2.79. The van der Waals surface area contributed by atoms with Gasteiger partial charge >= 0.3 is 0 Å². The summed E-state index contributed by atoms with van der Waals surface area (Å²) in [5, 5.41) is 0.469. The van der Waals surface area contributed by atoms with Gasteiger partial charge in [-0.05, 0) is 48.7 Å². The first kappa shape index (κ1) is 13.2. The molecule has 0 saturated heterocycles. The highest BCUT2D eigenvalue weighted by Gasteiger charge is 2.17. The lowest BCUT2D eigenvalue weighted by Crippen LogP contribution is -1.94. The summed E-state index contributed by atoms with van der Waals surface area (Å²) in [7, 11) is 0. The van der Waals surface area contributed by atoms with Crippen LogP contribution in [-0.2, 0) is 0 Å². The zero-order valence-corrected chi connectivity index (χ0v) is 12.5. The largest absolute Gasteiger partial charge is 0.127 e. The summed E-state index contributed by atoms with van der Waals surface area (Å²) in [6.45, 7) is 4.09. The lowest BCUT2D eigenvalue weighted by atomic mass is 10.0. The van der Waals surface area contributed by atoms with Gasteiger partial charge in [-0.2, -0.15) is 0 Å². The summed E-state index contributed by atoms with van der Waals surface area (Å²) in [4.78, 5) is 1.02. The standard InChI is InChI=1S/C13H11Cl3S/c1-7-5-9(10(14)6-8(7)2)13(16)11-3-4-12(15)17-11/h3-6,13H,1-2H3. The van der Waals surface area contributed by atoms with Gasteiger partial charge in [-0.25, -0.2) is 0 Å². The van der Waals surface area contributed by atoms with Crippen LogP contribution in [0.25, 0.3) is 0 Å². The highest BCUT2D eigenvalue weighted by Crippen LogP contribution is 2.39. The van der Waals surface area contributed by atoms with E-state index in [9.17, 15) is 0 Å². The summed E-state index contributed by atoms with van der Waals surface area (Å²) >= 11 is 20.1. The predicted octanol–water partition coefficient (Wildman–Crippen LogP) is 6.00. The molecule has 0 aliphatic carbocycles. The van der Waals surface area contributed by atoms with Gasteiger partial charge in [-0.3, -0.25) is 0 Å². The molecule has 4 heteroatoms. The van der Waals surface area contributed by atoms with Gasteiger partial charge in [0.15, 0.2) is 0 Å². The Morgan fingerprint density at radius 1 is 1.06 bits per heavy atom. The molecule has 0 saturated carbocycles. The Hall–Kier alpha value is -0.210. The number of alkyl halides is 1. The van der Waals surface area contributed by atoms with Crippen LogP contribution in [0, 0.1) is 13.8 Å². The van der Waals surface area contributed by atoms with Gasteiger partial charge in [0.25, 0.3) is 0 Å². The van der Waals surface area contributed by atoms with Crippen molar-refractivity contribution in [1.82, 2.24) is 0 Å². The second-order valence-corrected chi connectivity index (χ2v) is 6.55. The molecule has 0 spiro atoms. The molecule has 90 valence electrons. The molecule has 1 aromatic heterocycles. The van der Waals surface area contributed by atoms with Gasteiger partial charge in [-0.15, -0.1) is 22.9 Å². The van der Waals surface area contributed by atoms with E-state index >= 15 is 0 Å². The highest BCUT2D eigenvalue weighted by atomic mass is 35.5. The summed E-state index contributed by atoms with van der Waals surface area (Å²) in [6, 6.07) is 7.79. The molecule has 1 aromatic carbocycles. The molecule has 0 aliphatic heterocycles. The molecule has 0 aliphatic rings. The molecule has 0 amide bonds. The predicted molar refractivity (Wildman–Crippen MR) is 78.0 cm³/mol. The van der Waals surface area contributed by atoms with Gasteiger partial charge in [0.2, 0.25) is 0 Å². The number of aryl methyl sites for hydroxylation is 2. The molecule has 2 rings (SSSR count). The van der Waals surface area contributed by atoms with Crippen molar-refractivity contribution in [3.63, 3.8) is 0 Å². The first-order chi connectivity index (χ1) is 7.99. The molecule has 0 N–H and O–H groups in total. The first-order valence-corrected chi connectivity index (χ1v) is 7.16. The lowest BCUT2D eigenvalue weighted by Gasteiger charge is -2.12. The Labute approximate surface area is 120 Å². The van der Waals surface area contributed by atoms with Crippen molar-refractivity contribution in [3.8, 4) is 0 Å². The number of hydrogen-bond donors (Lipinski definition) is 0. The van der Waals surface area contributed by atoms with Gasteiger partial charge in [0.1, 0.15) is 0 Å². The van der Waals surface area contributed by atoms with E-state index in [2.05, 4.69) is 6.92 Å². The van der Waals surface area contributed by atoms with Crippen LogP contribution in [0.15, 0.2) is 24.3 Å². The van der Waals surface area contributed by atoms with Crippen LogP contribution >= 0.6 is 46.1 Å². The highest BCUT2D eigenvalue weighted by molar-refractivity contribution is 7.16. The van der Waals surface area contributed by atoms with E-state index in [0.29, 0.717) is 5.02 Å². The molecule has 0 fully saturated rings. The van der Waals surface area contributed by atoms with Crippen molar-refractivity contribution in [1.29, 1.82) is 0 Å². The van der Waals surface area contributed by atoms with Gasteiger partial charge in [-0.1, -0.05) is 29.3 Å². The Balaban J connectivity index is 2.43. The molecule has 1 heterocycles. The molecule has 2 aromatic rings. The van der Waals surface area contributed by atoms with Crippen molar-refractivity contribution in [2.45, 2.75) is 19.2 Å². The van der Waals surface area contributed by atoms with Crippen LogP contribution in [0.2, 0.25) is 9.36 Å². The normalized spacial score (nSPS) is 12.8. The van der Waals surface area contributed by atoms with Crippen LogP contribution in [0.4, 0.5) is 0 Å². The second-order valence-electron chi connectivity index (χ2n) is 3.96. The molecule has 0 bridgehead atoms. The van der Waals surface area contributed by atoms with E-state index in [1.807, 2.05) is 31.2 Å². The van der Waals surface area contributed by atoms with Crippen LogP contribution in [0.3, 0.4) is 0 Å². The van der Waals surface area contributed by atoms with E-state index in [0.717, 1.165) is 14.8 Å². The molecule has 17 heavy (non-hydrogen) atoms. The van der Waals surface area contributed by atoms with Crippen molar-refractivity contribution in [3.05, 3.63) is 55.2 Å². The summed E-state index contributed by atoms with van der Waals surface area (Å²) in [5.41, 5.74) is 3.31. The molecule has 1 atom stereocenters. The van der Waals surface area contributed by atoms with Crippen molar-refractivity contribution in [2.24, 2.45) is 0 Å². The second kappa shape index (κ2) is 5.19. The van der Waals surface area contributed by atoms with Crippen molar-refractivity contribution >= 4 is 46.1 Å². The SMILES string of the molecule is Cc1cc(Cl)c(C(Cl)c2ccc(Cl)s2)cc1C. The minimum atomic E-state index is -0.237. The van der Waals surface area contributed by atoms with Crippen molar-refractivity contribution in [2.75, 3.05) is 0 Å². The summed E-state index contributed by atoms with van der Waals surface area (Å²) < 4.78 is 0.741. The van der Waals surface area contributed by atoms with Crippen LogP contribution in [0.5, 0.6) is 0 Å². The summed E-state index contributed by atoms with van der Waals surface area (Å²) in [5.74, 6) is 0. The number of benzene rings is 1. The first-order valence-electron chi connectivity index (χ1n) is 5.15. The van der Waals surface area contributed by atoms with Gasteiger partial charge in [0, 0.05) is 9.90 Å². The average molecular weight is 306 g/mol. The van der Waals surface area contributed by atoms with Gasteiger partial charge < -0.3 is 0 Å². The fraction of sp³-hybridized carbons (Fsp3) is 0.231. The number of rotatable bonds is 2. The van der Waals surface area contributed by atoms with Gasteiger partial charge in [0.05, 0.1) is 9.71 Å². The van der Waals surface area contributed by atoms with E-state index in [4.69, 9.17) is 34.8 Å². The maximum atomic E-state index is 6.44. The van der Waals surface area contributed by atoms with Crippen molar-refractivity contribution < 1.29 is 0 Å². The van der Waals surface area contributed by atoms with Crippen LogP contribution in [0.1, 0.15) is 26.9 Å². The number of hydrogen-bond acceptors (Lipinski definition) is 1. The number of thiophene rings is 1. The number of halogens is 3. The zero-order valence-electron chi connectivity index (χ0n) is 9.43. The fourth-order valence-corrected chi connectivity index (χ4v) is 3.44. The molecular weight excluding hydrogens is 295 g/mol. The Bertz CT molecular complexity index is 546. The zero-order chi connectivity index (χ0) is 12.6. The fourth-order valence-electron chi connectivity index (χ4n) is 1.62. The monoisotopic (exact) mass is 304 g/mol. The maximum absolute atomic E-state index is 6.44. The minimum absolute atomic E-state index is 0.237. The minimum Gasteiger partial charge on any atom is -0.127 e. The summed E-state index contributed by atoms with van der Waals surface area (Å²) in [6.07, 6.45) is 0. The quantitative estimate of drug-likeness (QED) is 0.597. The third-order valence-corrected chi connectivity index (χ3v) is 4.95. The smallest absolute Gasteiger partial charge is 0.0942 e. The lowest BCUT2D eigenvalue weighted by molar-refractivity contribution is 1.16. The molecule has 0 nitrogen and oxygen atoms in total. The molecule has 1 unspecified atom stereocenters. The van der Waals surface area contributed by atoms with E-state index in [-0.39, 0.29) is 5.38 Å². The molecule has 0 radical (unpaired) electrons. The van der Waals surface area contributed by atoms with Crippen LogP contribution < -0.4 is 0 Å². The molecular formula is C13H11Cl3S. The average Bonchev–Trinajstić information content (AvgIpc) is 2.69. The Morgan fingerprint density at radius 2 is 1.71 bits per heavy atom. The Morgan fingerprint density at radius 3 is 2.29 bits per heavy atom.